The number of imide groups is 1. The summed E-state index contributed by atoms with van der Waals surface area (Å²) >= 11 is 1.27. The van der Waals surface area contributed by atoms with E-state index in [0.29, 0.717) is 17.2 Å². The summed E-state index contributed by atoms with van der Waals surface area (Å²) in [7, 11) is 1.36. The van der Waals surface area contributed by atoms with Crippen LogP contribution in [0.15, 0.2) is 10.6 Å². The molecule has 3 aliphatic heterocycles. The lowest BCUT2D eigenvalue weighted by molar-refractivity contribution is -0.142. The van der Waals surface area contributed by atoms with E-state index in [1.165, 1.54) is 18.8 Å². The number of ether oxygens (including phenoxy) is 1. The molecule has 1 saturated carbocycles. The number of aldehydes is 1. The number of nitrogens with zero attached hydrogens (tertiary/aromatic N) is 3. The molecule has 2 saturated heterocycles. The first-order valence-corrected chi connectivity index (χ1v) is 13.2. The van der Waals surface area contributed by atoms with Crippen LogP contribution in [0.4, 0.5) is 25.5 Å². The van der Waals surface area contributed by atoms with Gasteiger partial charge in [0, 0.05) is 18.8 Å². The third-order valence-electron chi connectivity index (χ3n) is 8.04. The van der Waals surface area contributed by atoms with Gasteiger partial charge in [-0.15, -0.1) is 0 Å². The van der Waals surface area contributed by atoms with E-state index >= 15 is 4.39 Å². The van der Waals surface area contributed by atoms with Crippen LogP contribution < -0.4 is 20.4 Å². The van der Waals surface area contributed by atoms with E-state index in [1.807, 2.05) is 0 Å². The van der Waals surface area contributed by atoms with Crippen molar-refractivity contribution in [2.45, 2.75) is 56.0 Å². The zero-order chi connectivity index (χ0) is 26.1. The average Bonchev–Trinajstić information content (AvgIpc) is 3.58. The van der Waals surface area contributed by atoms with Crippen LogP contribution in [0, 0.1) is 11.2 Å². The molecule has 4 amide bonds. The molecule has 0 bridgehead atoms. The van der Waals surface area contributed by atoms with E-state index in [4.69, 9.17) is 9.26 Å². The molecule has 196 valence electrons. The summed E-state index contributed by atoms with van der Waals surface area (Å²) in [5, 5.41) is 8.97. The lowest BCUT2D eigenvalue weighted by atomic mass is 9.69. The molecule has 5 atom stereocenters. The Kier molecular flexibility index (Phi) is 5.68. The normalized spacial score (nSPS) is 30.6. The maximum absolute atomic E-state index is 16.2. The van der Waals surface area contributed by atoms with Gasteiger partial charge in [0.1, 0.15) is 11.7 Å². The first kappa shape index (κ1) is 24.2. The van der Waals surface area contributed by atoms with Crippen molar-refractivity contribution in [2.75, 3.05) is 30.0 Å². The van der Waals surface area contributed by atoms with Crippen molar-refractivity contribution in [3.63, 3.8) is 0 Å². The molecule has 11 nitrogen and oxygen atoms in total. The number of carbonyl (C=O) groups excluding carboxylic acids is 4. The van der Waals surface area contributed by atoms with Crippen LogP contribution in [0.1, 0.15) is 31.7 Å². The Morgan fingerprint density at radius 1 is 1.35 bits per heavy atom. The summed E-state index contributed by atoms with van der Waals surface area (Å²) in [5.41, 5.74) is -1.21. The monoisotopic (exact) mass is 531 g/mol. The number of nitrogens with one attached hydrogen (secondary N) is 2. The maximum atomic E-state index is 16.2. The highest BCUT2D eigenvalue weighted by atomic mass is 32.2. The number of thioether (sulfide) groups is 1. The Balaban J connectivity index is 1.51. The lowest BCUT2D eigenvalue weighted by Crippen LogP contribution is -2.67. The van der Waals surface area contributed by atoms with E-state index in [2.05, 4.69) is 15.8 Å². The quantitative estimate of drug-likeness (QED) is 0.452. The second-order valence-corrected chi connectivity index (χ2v) is 11.1. The van der Waals surface area contributed by atoms with Crippen molar-refractivity contribution >= 4 is 57.7 Å². The van der Waals surface area contributed by atoms with E-state index in [1.54, 1.807) is 22.8 Å². The number of benzene rings is 1. The molecule has 1 aromatic carbocycles. The van der Waals surface area contributed by atoms with Crippen LogP contribution in [0.5, 0.6) is 0 Å². The van der Waals surface area contributed by atoms with E-state index in [9.17, 15) is 19.2 Å². The smallest absolute Gasteiger partial charge is 0.321 e. The number of fused-ring (bicyclic) bond motifs is 5. The summed E-state index contributed by atoms with van der Waals surface area (Å²) in [5.74, 6) is -1.22. The number of urea groups is 1. The van der Waals surface area contributed by atoms with Gasteiger partial charge >= 0.3 is 6.03 Å². The van der Waals surface area contributed by atoms with Gasteiger partial charge in [0.25, 0.3) is 5.24 Å². The van der Waals surface area contributed by atoms with Crippen LogP contribution in [-0.4, -0.2) is 72.3 Å². The van der Waals surface area contributed by atoms with Crippen LogP contribution in [0.3, 0.4) is 0 Å². The highest BCUT2D eigenvalue weighted by Gasteiger charge is 2.57. The molecular formula is C24H26FN5O6S. The number of halogens is 1. The summed E-state index contributed by atoms with van der Waals surface area (Å²) in [6, 6.07) is -0.00317. The third-order valence-corrected chi connectivity index (χ3v) is 9.29. The number of rotatable bonds is 3. The summed E-state index contributed by atoms with van der Waals surface area (Å²) in [6.45, 7) is 2.19. The van der Waals surface area contributed by atoms with Gasteiger partial charge in [-0.3, -0.25) is 19.8 Å². The van der Waals surface area contributed by atoms with Gasteiger partial charge in [-0.1, -0.05) is 23.3 Å². The van der Waals surface area contributed by atoms with Gasteiger partial charge in [0.15, 0.2) is 11.6 Å². The Morgan fingerprint density at radius 2 is 2.16 bits per heavy atom. The van der Waals surface area contributed by atoms with Crippen molar-refractivity contribution in [3.8, 4) is 0 Å². The van der Waals surface area contributed by atoms with Crippen LogP contribution in [0.25, 0.3) is 11.0 Å². The molecule has 37 heavy (non-hydrogen) atoms. The molecule has 0 radical (unpaired) electrons. The molecule has 4 heterocycles. The minimum atomic E-state index is -1.73. The molecule has 2 N–H and O–H groups in total. The minimum absolute atomic E-state index is 0.0400. The second kappa shape index (κ2) is 8.69. The molecule has 4 unspecified atom stereocenters. The summed E-state index contributed by atoms with van der Waals surface area (Å²) in [6.07, 6.45) is 2.49. The van der Waals surface area contributed by atoms with Gasteiger partial charge in [-0.05, 0) is 37.8 Å². The molecule has 3 fully saturated rings. The molecule has 4 aliphatic rings. The Bertz CT molecular complexity index is 1330. The van der Waals surface area contributed by atoms with Crippen molar-refractivity contribution < 1.29 is 32.8 Å². The Labute approximate surface area is 215 Å². The maximum Gasteiger partial charge on any atom is 0.321 e. The fourth-order valence-electron chi connectivity index (χ4n) is 6.44. The molecule has 1 aliphatic carbocycles. The Morgan fingerprint density at radius 3 is 2.92 bits per heavy atom. The molecular weight excluding hydrogens is 505 g/mol. The molecule has 2 aromatic rings. The minimum Gasteiger partial charge on any atom is -0.374 e. The fraction of sp³-hybridized carbons (Fsp3) is 0.542. The second-order valence-electron chi connectivity index (χ2n) is 9.95. The SMILES string of the molecule is CNC(=O)NC(=O)C1(C=O)Cc2cc3c(N4C(=O)SC5CCCC54)noc3c(F)c2N2CCO[C@@H](C)C21. The van der Waals surface area contributed by atoms with Crippen molar-refractivity contribution in [2.24, 2.45) is 5.41 Å². The fourth-order valence-corrected chi connectivity index (χ4v) is 7.74. The highest BCUT2D eigenvalue weighted by molar-refractivity contribution is 8.14. The van der Waals surface area contributed by atoms with Gasteiger partial charge in [-0.25, -0.2) is 9.18 Å². The number of hydrogen-bond acceptors (Lipinski definition) is 9. The first-order valence-electron chi connectivity index (χ1n) is 12.3. The van der Waals surface area contributed by atoms with Crippen molar-refractivity contribution in [1.29, 1.82) is 0 Å². The van der Waals surface area contributed by atoms with Crippen LogP contribution in [0.2, 0.25) is 0 Å². The average molecular weight is 532 g/mol. The van der Waals surface area contributed by atoms with E-state index < -0.39 is 35.3 Å². The zero-order valence-electron chi connectivity index (χ0n) is 20.3. The molecule has 0 spiro atoms. The standard InChI is InChI=1S/C24H26FN5O6S/c1-11-19-24(10-31,21(32)27-22(33)26-2)9-12-8-13-18(16(25)17(12)29(19)6-7-35-11)36-28-20(13)30-14-4-3-5-15(14)37-23(30)34/h8,10-11,14-15,19H,3-7,9H2,1-2H3,(H2,26,27,32,33)/t11-,14?,15?,19?,24?/m0/s1. The summed E-state index contributed by atoms with van der Waals surface area (Å²) in [4.78, 5) is 54.2. The molecule has 13 heteroatoms. The van der Waals surface area contributed by atoms with Crippen LogP contribution in [-0.2, 0) is 20.7 Å². The number of amides is 4. The predicted molar refractivity (Wildman–Crippen MR) is 132 cm³/mol. The summed E-state index contributed by atoms with van der Waals surface area (Å²) < 4.78 is 27.4. The van der Waals surface area contributed by atoms with Crippen molar-refractivity contribution in [1.82, 2.24) is 15.8 Å². The molecule has 6 rings (SSSR count). The predicted octanol–water partition coefficient (Wildman–Crippen LogP) is 2.35. The zero-order valence-corrected chi connectivity index (χ0v) is 21.1. The number of hydrogen-bond donors (Lipinski definition) is 2. The number of aromatic nitrogens is 1. The van der Waals surface area contributed by atoms with E-state index in [-0.39, 0.29) is 53.2 Å². The number of anilines is 2. The van der Waals surface area contributed by atoms with Gasteiger partial charge in [0.05, 0.1) is 35.9 Å². The molecule has 1 aromatic heterocycles. The van der Waals surface area contributed by atoms with Gasteiger partial charge in [0.2, 0.25) is 11.5 Å². The van der Waals surface area contributed by atoms with E-state index in [0.717, 1.165) is 19.3 Å². The van der Waals surface area contributed by atoms with Gasteiger partial charge in [-0.2, -0.15) is 0 Å². The third kappa shape index (κ3) is 3.39. The largest absolute Gasteiger partial charge is 0.374 e. The van der Waals surface area contributed by atoms with Crippen molar-refractivity contribution in [3.05, 3.63) is 17.4 Å². The first-order chi connectivity index (χ1) is 17.8. The lowest BCUT2D eigenvalue weighted by Gasteiger charge is -2.52. The number of morpholine rings is 1. The van der Waals surface area contributed by atoms with Crippen LogP contribution >= 0.6 is 11.8 Å². The number of carbonyl (C=O) groups is 4. The highest BCUT2D eigenvalue weighted by Crippen LogP contribution is 2.50. The Hall–Kier alpha value is -3.19. The topological polar surface area (TPSA) is 134 Å². The van der Waals surface area contributed by atoms with Gasteiger partial charge < -0.3 is 24.3 Å².